The number of rotatable bonds is 2. The first kappa shape index (κ1) is 11.4. The Balaban J connectivity index is 2.70. The van der Waals surface area contributed by atoms with E-state index < -0.39 is 0 Å². The summed E-state index contributed by atoms with van der Waals surface area (Å²) in [5, 5.41) is 9.47. The highest BCUT2D eigenvalue weighted by molar-refractivity contribution is 6.29. The number of pyridine rings is 1. The van der Waals surface area contributed by atoms with Crippen molar-refractivity contribution in [1.82, 2.24) is 4.98 Å². The summed E-state index contributed by atoms with van der Waals surface area (Å²) in [5.41, 5.74) is 2.03. The number of benzene rings is 1. The van der Waals surface area contributed by atoms with E-state index in [1.807, 2.05) is 30.3 Å². The van der Waals surface area contributed by atoms with Crippen LogP contribution < -0.4 is 4.74 Å². The van der Waals surface area contributed by atoms with Crippen LogP contribution in [-0.2, 0) is 0 Å². The van der Waals surface area contributed by atoms with Gasteiger partial charge in [0.05, 0.1) is 7.11 Å². The monoisotopic (exact) mass is 244 g/mol. The average Bonchev–Trinajstić information content (AvgIpc) is 2.38. The second kappa shape index (κ2) is 4.86. The summed E-state index contributed by atoms with van der Waals surface area (Å²) in [5.74, 6) is 0.249. The van der Waals surface area contributed by atoms with Crippen LogP contribution in [0.25, 0.3) is 11.1 Å². The standard InChI is InChI=1S/C13H9ClN2O/c1-17-13-11(8-15)10(7-12(14)16-13)9-5-3-2-4-6-9/h2-7H,1H3. The first-order valence-corrected chi connectivity index (χ1v) is 5.34. The van der Waals surface area contributed by atoms with Crippen LogP contribution in [0.2, 0.25) is 5.15 Å². The molecule has 4 heteroatoms. The molecule has 2 rings (SSSR count). The molecule has 0 fully saturated rings. The van der Waals surface area contributed by atoms with Gasteiger partial charge in [-0.3, -0.25) is 0 Å². The summed E-state index contributed by atoms with van der Waals surface area (Å²) in [6.07, 6.45) is 0. The van der Waals surface area contributed by atoms with Crippen molar-refractivity contribution in [2.24, 2.45) is 0 Å². The molecule has 0 saturated heterocycles. The largest absolute Gasteiger partial charge is 0.480 e. The Morgan fingerprint density at radius 3 is 2.59 bits per heavy atom. The summed E-state index contributed by atoms with van der Waals surface area (Å²) < 4.78 is 5.06. The Labute approximate surface area is 104 Å². The van der Waals surface area contributed by atoms with Gasteiger partial charge in [0, 0.05) is 5.56 Å². The number of methoxy groups -OCH3 is 1. The van der Waals surface area contributed by atoms with Crippen LogP contribution in [0, 0.1) is 11.3 Å². The highest BCUT2D eigenvalue weighted by Crippen LogP contribution is 2.30. The number of nitrogens with zero attached hydrogens (tertiary/aromatic N) is 2. The highest BCUT2D eigenvalue weighted by atomic mass is 35.5. The molecule has 0 N–H and O–H groups in total. The maximum atomic E-state index is 9.17. The number of hydrogen-bond acceptors (Lipinski definition) is 3. The minimum atomic E-state index is 0.249. The Morgan fingerprint density at radius 2 is 2.00 bits per heavy atom. The van der Waals surface area contributed by atoms with Gasteiger partial charge in [-0.05, 0) is 11.6 Å². The van der Waals surface area contributed by atoms with Crippen molar-refractivity contribution in [1.29, 1.82) is 5.26 Å². The van der Waals surface area contributed by atoms with Gasteiger partial charge in [-0.25, -0.2) is 4.98 Å². The molecule has 2 aromatic rings. The number of halogens is 1. The molecule has 0 aliphatic heterocycles. The molecule has 0 saturated carbocycles. The van der Waals surface area contributed by atoms with Gasteiger partial charge in [0.1, 0.15) is 16.8 Å². The first-order chi connectivity index (χ1) is 8.26. The summed E-state index contributed by atoms with van der Waals surface area (Å²) in [7, 11) is 1.47. The quantitative estimate of drug-likeness (QED) is 0.762. The van der Waals surface area contributed by atoms with Crippen LogP contribution >= 0.6 is 11.6 Å². The van der Waals surface area contributed by atoms with Crippen molar-refractivity contribution < 1.29 is 4.74 Å². The molecule has 0 radical (unpaired) electrons. The number of nitriles is 1. The smallest absolute Gasteiger partial charge is 0.233 e. The predicted octanol–water partition coefficient (Wildman–Crippen LogP) is 3.28. The highest BCUT2D eigenvalue weighted by Gasteiger charge is 2.13. The lowest BCUT2D eigenvalue weighted by atomic mass is 10.0. The van der Waals surface area contributed by atoms with Crippen LogP contribution in [0.3, 0.4) is 0 Å². The fourth-order valence-electron chi connectivity index (χ4n) is 1.59. The van der Waals surface area contributed by atoms with Crippen molar-refractivity contribution >= 4 is 11.6 Å². The van der Waals surface area contributed by atoms with Gasteiger partial charge >= 0.3 is 0 Å². The van der Waals surface area contributed by atoms with Gasteiger partial charge in [-0.1, -0.05) is 41.9 Å². The van der Waals surface area contributed by atoms with Crippen LogP contribution in [-0.4, -0.2) is 12.1 Å². The van der Waals surface area contributed by atoms with E-state index >= 15 is 0 Å². The number of ether oxygens (including phenoxy) is 1. The lowest BCUT2D eigenvalue weighted by Crippen LogP contribution is -1.95. The third-order valence-corrected chi connectivity index (χ3v) is 2.54. The van der Waals surface area contributed by atoms with Gasteiger partial charge in [-0.2, -0.15) is 5.26 Å². The SMILES string of the molecule is COc1nc(Cl)cc(-c2ccccc2)c1C#N. The molecule has 1 aromatic heterocycles. The number of aromatic nitrogens is 1. The molecule has 84 valence electrons. The van der Waals surface area contributed by atoms with E-state index in [1.54, 1.807) is 6.07 Å². The Hall–Kier alpha value is -2.05. The van der Waals surface area contributed by atoms with Gasteiger partial charge in [0.2, 0.25) is 5.88 Å². The van der Waals surface area contributed by atoms with E-state index in [-0.39, 0.29) is 5.88 Å². The van der Waals surface area contributed by atoms with Gasteiger partial charge < -0.3 is 4.74 Å². The molecule has 0 aliphatic rings. The molecular formula is C13H9ClN2O. The zero-order chi connectivity index (χ0) is 12.3. The van der Waals surface area contributed by atoms with E-state index in [4.69, 9.17) is 21.6 Å². The topological polar surface area (TPSA) is 45.9 Å². The van der Waals surface area contributed by atoms with E-state index in [0.29, 0.717) is 10.7 Å². The zero-order valence-electron chi connectivity index (χ0n) is 9.14. The second-order valence-electron chi connectivity index (χ2n) is 3.35. The van der Waals surface area contributed by atoms with Crippen molar-refractivity contribution in [2.45, 2.75) is 0 Å². The third-order valence-electron chi connectivity index (χ3n) is 2.34. The minimum absolute atomic E-state index is 0.249. The molecule has 0 unspecified atom stereocenters. The second-order valence-corrected chi connectivity index (χ2v) is 3.74. The van der Waals surface area contributed by atoms with E-state index in [0.717, 1.165) is 11.1 Å². The van der Waals surface area contributed by atoms with Crippen LogP contribution in [0.4, 0.5) is 0 Å². The summed E-state index contributed by atoms with van der Waals surface area (Å²) in [4.78, 5) is 3.97. The van der Waals surface area contributed by atoms with Crippen LogP contribution in [0.15, 0.2) is 36.4 Å². The van der Waals surface area contributed by atoms with E-state index in [1.165, 1.54) is 7.11 Å². The molecule has 0 spiro atoms. The Bertz CT molecular complexity index is 576. The van der Waals surface area contributed by atoms with Crippen LogP contribution in [0.5, 0.6) is 5.88 Å². The lowest BCUT2D eigenvalue weighted by Gasteiger charge is -2.08. The molecule has 1 aromatic carbocycles. The minimum Gasteiger partial charge on any atom is -0.480 e. The van der Waals surface area contributed by atoms with Crippen molar-refractivity contribution in [2.75, 3.05) is 7.11 Å². The third kappa shape index (κ3) is 2.22. The van der Waals surface area contributed by atoms with Crippen molar-refractivity contribution in [3.63, 3.8) is 0 Å². The normalized spacial score (nSPS) is 9.71. The van der Waals surface area contributed by atoms with Crippen molar-refractivity contribution in [3.8, 4) is 23.1 Å². The average molecular weight is 245 g/mol. The van der Waals surface area contributed by atoms with E-state index in [2.05, 4.69) is 11.1 Å². The molecule has 0 atom stereocenters. The molecule has 0 bridgehead atoms. The maximum Gasteiger partial charge on any atom is 0.233 e. The Kier molecular flexibility index (Phi) is 3.27. The number of hydrogen-bond donors (Lipinski definition) is 0. The summed E-state index contributed by atoms with van der Waals surface area (Å²) >= 11 is 5.91. The van der Waals surface area contributed by atoms with Crippen molar-refractivity contribution in [3.05, 3.63) is 47.1 Å². The summed E-state index contributed by atoms with van der Waals surface area (Å²) in [6.45, 7) is 0. The Morgan fingerprint density at radius 1 is 1.29 bits per heavy atom. The molecule has 0 amide bonds. The molecule has 1 heterocycles. The van der Waals surface area contributed by atoms with E-state index in [9.17, 15) is 0 Å². The molecule has 0 aliphatic carbocycles. The van der Waals surface area contributed by atoms with Gasteiger partial charge in [0.25, 0.3) is 0 Å². The van der Waals surface area contributed by atoms with Gasteiger partial charge in [0.15, 0.2) is 0 Å². The molecule has 3 nitrogen and oxygen atoms in total. The maximum absolute atomic E-state index is 9.17. The molecule has 17 heavy (non-hydrogen) atoms. The van der Waals surface area contributed by atoms with Gasteiger partial charge in [-0.15, -0.1) is 0 Å². The fourth-order valence-corrected chi connectivity index (χ4v) is 1.78. The van der Waals surface area contributed by atoms with Crippen LogP contribution in [0.1, 0.15) is 5.56 Å². The summed E-state index contributed by atoms with van der Waals surface area (Å²) in [6, 6.07) is 13.3. The molecular weight excluding hydrogens is 236 g/mol. The first-order valence-electron chi connectivity index (χ1n) is 4.96. The fraction of sp³-hybridized carbons (Fsp3) is 0.0769. The zero-order valence-corrected chi connectivity index (χ0v) is 9.90. The predicted molar refractivity (Wildman–Crippen MR) is 66.0 cm³/mol. The lowest BCUT2D eigenvalue weighted by molar-refractivity contribution is 0.397.